The minimum atomic E-state index is -0.740. The predicted molar refractivity (Wildman–Crippen MR) is 151 cm³/mol. The van der Waals surface area contributed by atoms with Crippen LogP contribution in [0.4, 0.5) is 4.79 Å². The van der Waals surface area contributed by atoms with Crippen LogP contribution in [-0.4, -0.2) is 47.3 Å². The van der Waals surface area contributed by atoms with E-state index in [1.165, 1.54) is 9.80 Å². The van der Waals surface area contributed by atoms with Crippen molar-refractivity contribution in [2.75, 3.05) is 19.6 Å². The average Bonchev–Trinajstić information content (AvgIpc) is 3.24. The van der Waals surface area contributed by atoms with Crippen molar-refractivity contribution in [1.82, 2.24) is 20.4 Å². The highest BCUT2D eigenvalue weighted by Gasteiger charge is 2.44. The molecule has 2 aliphatic rings. The van der Waals surface area contributed by atoms with E-state index >= 15 is 0 Å². The summed E-state index contributed by atoms with van der Waals surface area (Å²) in [4.78, 5) is 43.0. The molecule has 3 aromatic rings. The fourth-order valence-electron chi connectivity index (χ4n) is 5.18. The van der Waals surface area contributed by atoms with Gasteiger partial charge in [0.05, 0.1) is 29.9 Å². The molecule has 0 unspecified atom stereocenters. The monoisotopic (exact) mass is 562 g/mol. The highest BCUT2D eigenvalue weighted by Crippen LogP contribution is 2.39. The molecule has 0 aromatic heterocycles. The van der Waals surface area contributed by atoms with Crippen LogP contribution >= 0.6 is 23.2 Å². The van der Waals surface area contributed by atoms with Crippen LogP contribution in [0.2, 0.25) is 10.0 Å². The lowest BCUT2D eigenvalue weighted by molar-refractivity contribution is -0.132. The molecule has 2 aliphatic heterocycles. The topological polar surface area (TPSA) is 81.8 Å². The minimum Gasteiger partial charge on any atom is -0.347 e. The zero-order chi connectivity index (χ0) is 27.5. The summed E-state index contributed by atoms with van der Waals surface area (Å²) in [6.45, 7) is 2.23. The molecule has 0 aliphatic carbocycles. The van der Waals surface area contributed by atoms with Gasteiger partial charge in [-0.2, -0.15) is 0 Å². The fraction of sp³-hybridized carbons (Fsp3) is 0.233. The van der Waals surface area contributed by atoms with Gasteiger partial charge < -0.3 is 15.5 Å². The molecule has 39 heavy (non-hydrogen) atoms. The maximum atomic E-state index is 13.7. The Morgan fingerprint density at radius 1 is 1.03 bits per heavy atom. The summed E-state index contributed by atoms with van der Waals surface area (Å²) in [6, 6.07) is 23.3. The number of rotatable bonds is 8. The molecule has 7 nitrogen and oxygen atoms in total. The maximum absolute atomic E-state index is 13.7. The number of nitrogens with zero attached hydrogens (tertiary/aromatic N) is 2. The normalized spacial score (nSPS) is 17.7. The number of nitrogens with one attached hydrogen (secondary N) is 2. The Morgan fingerprint density at radius 3 is 2.38 bits per heavy atom. The second kappa shape index (κ2) is 11.5. The van der Waals surface area contributed by atoms with Crippen molar-refractivity contribution in [3.05, 3.63) is 117 Å². The first-order valence-electron chi connectivity index (χ1n) is 12.8. The summed E-state index contributed by atoms with van der Waals surface area (Å²) in [5, 5.41) is 6.82. The average molecular weight is 563 g/mol. The van der Waals surface area contributed by atoms with E-state index in [4.69, 9.17) is 23.2 Å². The summed E-state index contributed by atoms with van der Waals surface area (Å²) in [5.74, 6) is -0.592. The number of hydrogen-bond acceptors (Lipinski definition) is 3. The molecule has 2 atom stereocenters. The van der Waals surface area contributed by atoms with Gasteiger partial charge >= 0.3 is 6.03 Å². The van der Waals surface area contributed by atoms with Crippen molar-refractivity contribution in [2.45, 2.75) is 25.4 Å². The molecule has 2 N–H and O–H groups in total. The summed E-state index contributed by atoms with van der Waals surface area (Å²) in [5.41, 5.74) is 3.64. The van der Waals surface area contributed by atoms with Gasteiger partial charge in [0.1, 0.15) is 6.54 Å². The van der Waals surface area contributed by atoms with Crippen LogP contribution in [-0.2, 0) is 16.0 Å². The van der Waals surface area contributed by atoms with E-state index in [2.05, 4.69) is 10.6 Å². The number of halogens is 2. The second-order valence-electron chi connectivity index (χ2n) is 9.53. The molecule has 0 bridgehead atoms. The number of benzene rings is 3. The Labute approximate surface area is 237 Å². The summed E-state index contributed by atoms with van der Waals surface area (Å²) in [7, 11) is 0. The molecule has 2 heterocycles. The van der Waals surface area contributed by atoms with Gasteiger partial charge in [0.25, 0.3) is 5.91 Å². The molecule has 0 radical (unpaired) electrons. The smallest absolute Gasteiger partial charge is 0.322 e. The van der Waals surface area contributed by atoms with Crippen molar-refractivity contribution < 1.29 is 14.4 Å². The quantitative estimate of drug-likeness (QED) is 0.392. The van der Waals surface area contributed by atoms with E-state index in [-0.39, 0.29) is 37.0 Å². The standard InChI is InChI=1S/C30H28Cl2N4O3/c1-2-36-25-17-35(29(38)27(25)28(34-30(36)39)22-14-13-21(31)16-23(22)32)18-26(37)33-24(20-11-7-4-8-12-20)15-19-9-5-3-6-10-19/h3-14,16,24,28H,2,15,17-18H2,1H3,(H,33,37)(H,34,39)/t24-,28-/m1/s1. The fourth-order valence-corrected chi connectivity index (χ4v) is 5.70. The number of likely N-dealkylation sites (N-methyl/N-ethyl adjacent to an activating group) is 1. The third-order valence-corrected chi connectivity index (χ3v) is 7.60. The molecule has 4 amide bonds. The Morgan fingerprint density at radius 2 is 1.72 bits per heavy atom. The van der Waals surface area contributed by atoms with E-state index in [9.17, 15) is 14.4 Å². The highest BCUT2D eigenvalue weighted by atomic mass is 35.5. The molecule has 0 fully saturated rings. The Hall–Kier alpha value is -3.81. The van der Waals surface area contributed by atoms with Crippen molar-refractivity contribution in [2.24, 2.45) is 0 Å². The van der Waals surface area contributed by atoms with Gasteiger partial charge in [-0.05, 0) is 42.2 Å². The van der Waals surface area contributed by atoms with Crippen LogP contribution < -0.4 is 10.6 Å². The number of carbonyl (C=O) groups is 3. The molecular formula is C30H28Cl2N4O3. The lowest BCUT2D eigenvalue weighted by Crippen LogP contribution is -2.47. The van der Waals surface area contributed by atoms with Crippen LogP contribution in [0.5, 0.6) is 0 Å². The zero-order valence-electron chi connectivity index (χ0n) is 21.4. The zero-order valence-corrected chi connectivity index (χ0v) is 22.9. The molecule has 9 heteroatoms. The molecule has 200 valence electrons. The second-order valence-corrected chi connectivity index (χ2v) is 10.4. The van der Waals surface area contributed by atoms with Crippen molar-refractivity contribution in [1.29, 1.82) is 0 Å². The van der Waals surface area contributed by atoms with Crippen molar-refractivity contribution in [3.8, 4) is 0 Å². The van der Waals surface area contributed by atoms with Gasteiger partial charge in [-0.25, -0.2) is 4.79 Å². The Bertz CT molecular complexity index is 1430. The van der Waals surface area contributed by atoms with Gasteiger partial charge in [-0.15, -0.1) is 0 Å². The van der Waals surface area contributed by atoms with Crippen LogP contribution in [0, 0.1) is 0 Å². The molecule has 5 rings (SSSR count). The van der Waals surface area contributed by atoms with Crippen LogP contribution in [0.15, 0.2) is 90.1 Å². The Balaban J connectivity index is 1.37. The summed E-state index contributed by atoms with van der Waals surface area (Å²) < 4.78 is 0. The van der Waals surface area contributed by atoms with E-state index in [1.807, 2.05) is 67.6 Å². The summed E-state index contributed by atoms with van der Waals surface area (Å²) >= 11 is 12.5. The van der Waals surface area contributed by atoms with Crippen LogP contribution in [0.25, 0.3) is 0 Å². The first-order chi connectivity index (χ1) is 18.9. The van der Waals surface area contributed by atoms with Crippen LogP contribution in [0.3, 0.4) is 0 Å². The summed E-state index contributed by atoms with van der Waals surface area (Å²) in [6.07, 6.45) is 0.610. The third-order valence-electron chi connectivity index (χ3n) is 7.04. The van der Waals surface area contributed by atoms with E-state index in [0.29, 0.717) is 39.8 Å². The lowest BCUT2D eigenvalue weighted by Gasteiger charge is -2.33. The van der Waals surface area contributed by atoms with Gasteiger partial charge in [0.2, 0.25) is 5.91 Å². The van der Waals surface area contributed by atoms with Crippen LogP contribution in [0.1, 0.15) is 35.7 Å². The first-order valence-corrected chi connectivity index (χ1v) is 13.5. The van der Waals surface area contributed by atoms with Gasteiger partial charge in [-0.3, -0.25) is 14.5 Å². The molecule has 0 saturated heterocycles. The van der Waals surface area contributed by atoms with Crippen molar-refractivity contribution in [3.63, 3.8) is 0 Å². The largest absolute Gasteiger partial charge is 0.347 e. The SMILES string of the molecule is CCN1C(=O)N[C@H](c2ccc(Cl)cc2Cl)C2=C1CN(CC(=O)N[C@H](Cc1ccccc1)c1ccccc1)C2=O. The first kappa shape index (κ1) is 26.8. The molecule has 0 saturated carbocycles. The number of carbonyl (C=O) groups excluding carboxylic acids is 3. The third kappa shape index (κ3) is 5.65. The lowest BCUT2D eigenvalue weighted by atomic mass is 9.95. The molecule has 3 aromatic carbocycles. The van der Waals surface area contributed by atoms with Gasteiger partial charge in [0, 0.05) is 16.6 Å². The van der Waals surface area contributed by atoms with E-state index in [0.717, 1.165) is 11.1 Å². The van der Waals surface area contributed by atoms with E-state index in [1.54, 1.807) is 18.2 Å². The minimum absolute atomic E-state index is 0.142. The number of urea groups is 1. The maximum Gasteiger partial charge on any atom is 0.322 e. The molecular weight excluding hydrogens is 535 g/mol. The molecule has 0 spiro atoms. The van der Waals surface area contributed by atoms with Gasteiger partial charge in [0.15, 0.2) is 0 Å². The number of amides is 4. The number of hydrogen-bond donors (Lipinski definition) is 2. The Kier molecular flexibility index (Phi) is 7.91. The predicted octanol–water partition coefficient (Wildman–Crippen LogP) is 5.28. The van der Waals surface area contributed by atoms with E-state index < -0.39 is 6.04 Å². The van der Waals surface area contributed by atoms with Crippen molar-refractivity contribution >= 4 is 41.0 Å². The highest BCUT2D eigenvalue weighted by molar-refractivity contribution is 6.35. The van der Waals surface area contributed by atoms with Gasteiger partial charge in [-0.1, -0.05) is 89.9 Å².